The smallest absolute Gasteiger partial charge is 0.191 e. The fourth-order valence-corrected chi connectivity index (χ4v) is 2.61. The zero-order valence-electron chi connectivity index (χ0n) is 13.5. The molecule has 0 saturated carbocycles. The third-order valence-corrected chi connectivity index (χ3v) is 3.83. The summed E-state index contributed by atoms with van der Waals surface area (Å²) in [5.74, 6) is 0.838. The maximum atomic E-state index is 5.63. The van der Waals surface area contributed by atoms with Crippen LogP contribution in [-0.2, 0) is 14.2 Å². The molecule has 2 N–H and O–H groups in total. The van der Waals surface area contributed by atoms with Crippen LogP contribution in [0.5, 0.6) is 0 Å². The first kappa shape index (κ1) is 19.9. The largest absolute Gasteiger partial charge is 0.379 e. The van der Waals surface area contributed by atoms with Crippen LogP contribution in [0.15, 0.2) is 4.99 Å². The second kappa shape index (κ2) is 12.3. The summed E-state index contributed by atoms with van der Waals surface area (Å²) in [6.07, 6.45) is 6.23. The van der Waals surface area contributed by atoms with E-state index in [1.54, 1.807) is 7.05 Å². The second-order valence-electron chi connectivity index (χ2n) is 5.58. The summed E-state index contributed by atoms with van der Waals surface area (Å²) in [5, 5.41) is 6.59. The molecule has 0 radical (unpaired) electrons. The topological polar surface area (TPSA) is 64.1 Å². The molecule has 0 aromatic heterocycles. The third kappa shape index (κ3) is 7.94. The molecular formula is C15H30IN3O3. The van der Waals surface area contributed by atoms with Crippen LogP contribution in [0.1, 0.15) is 32.1 Å². The van der Waals surface area contributed by atoms with Gasteiger partial charge >= 0.3 is 0 Å². The highest BCUT2D eigenvalue weighted by molar-refractivity contribution is 14.0. The molecule has 2 aliphatic rings. The molecule has 2 rings (SSSR count). The molecule has 0 bridgehead atoms. The molecule has 2 saturated heterocycles. The number of nitrogens with zero attached hydrogens (tertiary/aromatic N) is 1. The van der Waals surface area contributed by atoms with Gasteiger partial charge in [0.15, 0.2) is 5.96 Å². The van der Waals surface area contributed by atoms with Crippen molar-refractivity contribution in [3.63, 3.8) is 0 Å². The average Bonchev–Trinajstić information content (AvgIpc) is 3.19. The zero-order chi connectivity index (χ0) is 14.8. The maximum Gasteiger partial charge on any atom is 0.191 e. The molecule has 2 unspecified atom stereocenters. The van der Waals surface area contributed by atoms with E-state index in [1.165, 1.54) is 12.8 Å². The molecule has 0 aromatic rings. The highest BCUT2D eigenvalue weighted by Gasteiger charge is 2.16. The lowest BCUT2D eigenvalue weighted by Gasteiger charge is -2.15. The first-order valence-corrected chi connectivity index (χ1v) is 8.14. The lowest BCUT2D eigenvalue weighted by molar-refractivity contribution is 0.0168. The fraction of sp³-hybridized carbons (Fsp3) is 0.933. The molecule has 6 nitrogen and oxygen atoms in total. The van der Waals surface area contributed by atoms with E-state index < -0.39 is 0 Å². The van der Waals surface area contributed by atoms with Gasteiger partial charge in [0.1, 0.15) is 0 Å². The van der Waals surface area contributed by atoms with Gasteiger partial charge in [-0.25, -0.2) is 0 Å². The Kier molecular flexibility index (Phi) is 11.2. The molecule has 0 spiro atoms. The Bertz CT molecular complexity index is 306. The summed E-state index contributed by atoms with van der Waals surface area (Å²) in [5.41, 5.74) is 0. The van der Waals surface area contributed by atoms with Crippen molar-refractivity contribution in [2.75, 3.05) is 46.6 Å². The first-order valence-electron chi connectivity index (χ1n) is 8.14. The normalized spacial score (nSPS) is 25.0. The Morgan fingerprint density at radius 3 is 2.50 bits per heavy atom. The summed E-state index contributed by atoms with van der Waals surface area (Å²) < 4.78 is 16.7. The van der Waals surface area contributed by atoms with E-state index in [-0.39, 0.29) is 24.0 Å². The Labute approximate surface area is 150 Å². The molecule has 130 valence electrons. The van der Waals surface area contributed by atoms with Gasteiger partial charge in [0.2, 0.25) is 0 Å². The molecular weight excluding hydrogens is 397 g/mol. The summed E-state index contributed by atoms with van der Waals surface area (Å²) in [6, 6.07) is 0. The monoisotopic (exact) mass is 427 g/mol. The van der Waals surface area contributed by atoms with Crippen LogP contribution in [0.3, 0.4) is 0 Å². The predicted octanol–water partition coefficient (Wildman–Crippen LogP) is 1.53. The molecule has 0 aliphatic carbocycles. The van der Waals surface area contributed by atoms with E-state index in [4.69, 9.17) is 14.2 Å². The van der Waals surface area contributed by atoms with Crippen LogP contribution >= 0.6 is 24.0 Å². The van der Waals surface area contributed by atoms with E-state index >= 15 is 0 Å². The Morgan fingerprint density at radius 1 is 1.14 bits per heavy atom. The summed E-state index contributed by atoms with van der Waals surface area (Å²) in [7, 11) is 1.79. The van der Waals surface area contributed by atoms with Crippen molar-refractivity contribution in [2.24, 2.45) is 4.99 Å². The van der Waals surface area contributed by atoms with Gasteiger partial charge in [-0.05, 0) is 32.1 Å². The van der Waals surface area contributed by atoms with Gasteiger partial charge < -0.3 is 24.8 Å². The highest BCUT2D eigenvalue weighted by atomic mass is 127. The van der Waals surface area contributed by atoms with E-state index in [9.17, 15) is 0 Å². The van der Waals surface area contributed by atoms with Crippen LogP contribution in [0.25, 0.3) is 0 Å². The predicted molar refractivity (Wildman–Crippen MR) is 98.2 cm³/mol. The van der Waals surface area contributed by atoms with Gasteiger partial charge in [-0.1, -0.05) is 0 Å². The first-order chi connectivity index (χ1) is 10.4. The number of hydrogen-bond acceptors (Lipinski definition) is 4. The minimum atomic E-state index is 0. The van der Waals surface area contributed by atoms with Crippen LogP contribution in [-0.4, -0.2) is 64.7 Å². The Hall–Kier alpha value is -0.120. The minimum absolute atomic E-state index is 0. The number of aliphatic imine (C=N–C) groups is 1. The van der Waals surface area contributed by atoms with E-state index in [1.807, 2.05) is 0 Å². The number of rotatable bonds is 8. The number of halogens is 1. The number of nitrogens with one attached hydrogen (secondary N) is 2. The molecule has 2 aliphatic heterocycles. The lowest BCUT2D eigenvalue weighted by atomic mass is 10.2. The van der Waals surface area contributed by atoms with Crippen molar-refractivity contribution in [2.45, 2.75) is 44.3 Å². The van der Waals surface area contributed by atoms with E-state index in [2.05, 4.69) is 15.6 Å². The van der Waals surface area contributed by atoms with Crippen LogP contribution in [0.2, 0.25) is 0 Å². The van der Waals surface area contributed by atoms with Crippen molar-refractivity contribution >= 4 is 29.9 Å². The fourth-order valence-electron chi connectivity index (χ4n) is 2.61. The van der Waals surface area contributed by atoms with Crippen LogP contribution in [0.4, 0.5) is 0 Å². The SMILES string of the molecule is CN=C(NCCCOCC1CCCO1)NCC1CCCO1.I. The number of guanidine groups is 1. The van der Waals surface area contributed by atoms with Gasteiger partial charge in [0.05, 0.1) is 18.8 Å². The van der Waals surface area contributed by atoms with Gasteiger partial charge in [-0.3, -0.25) is 4.99 Å². The highest BCUT2D eigenvalue weighted by Crippen LogP contribution is 2.12. The summed E-state index contributed by atoms with van der Waals surface area (Å²) in [6.45, 7) is 4.95. The van der Waals surface area contributed by atoms with Crippen molar-refractivity contribution in [3.8, 4) is 0 Å². The van der Waals surface area contributed by atoms with Gasteiger partial charge in [0.25, 0.3) is 0 Å². The molecule has 2 heterocycles. The van der Waals surface area contributed by atoms with E-state index in [0.717, 1.165) is 64.7 Å². The van der Waals surface area contributed by atoms with E-state index in [0.29, 0.717) is 12.2 Å². The van der Waals surface area contributed by atoms with Crippen LogP contribution in [0, 0.1) is 0 Å². The van der Waals surface area contributed by atoms with Gasteiger partial charge in [-0.15, -0.1) is 24.0 Å². The minimum Gasteiger partial charge on any atom is -0.379 e. The summed E-state index contributed by atoms with van der Waals surface area (Å²) >= 11 is 0. The molecule has 2 atom stereocenters. The maximum absolute atomic E-state index is 5.63. The second-order valence-corrected chi connectivity index (χ2v) is 5.58. The van der Waals surface area contributed by atoms with Crippen molar-refractivity contribution in [1.82, 2.24) is 10.6 Å². The molecule has 22 heavy (non-hydrogen) atoms. The molecule has 2 fully saturated rings. The standard InChI is InChI=1S/C15H29N3O3.HI/c1-16-15(18-11-13-5-2-9-20-13)17-7-4-8-19-12-14-6-3-10-21-14;/h13-14H,2-12H2,1H3,(H2,16,17,18);1H. The molecule has 7 heteroatoms. The average molecular weight is 427 g/mol. The summed E-state index contributed by atoms with van der Waals surface area (Å²) in [4.78, 5) is 4.21. The van der Waals surface area contributed by atoms with Crippen molar-refractivity contribution in [1.29, 1.82) is 0 Å². The Morgan fingerprint density at radius 2 is 1.86 bits per heavy atom. The Balaban J connectivity index is 0.00000242. The lowest BCUT2D eigenvalue weighted by Crippen LogP contribution is -2.41. The number of ether oxygens (including phenoxy) is 3. The number of hydrogen-bond donors (Lipinski definition) is 2. The van der Waals surface area contributed by atoms with Gasteiger partial charge in [-0.2, -0.15) is 0 Å². The van der Waals surface area contributed by atoms with Crippen molar-refractivity contribution in [3.05, 3.63) is 0 Å². The molecule has 0 amide bonds. The van der Waals surface area contributed by atoms with Crippen molar-refractivity contribution < 1.29 is 14.2 Å². The third-order valence-electron chi connectivity index (χ3n) is 3.83. The zero-order valence-corrected chi connectivity index (χ0v) is 15.8. The quantitative estimate of drug-likeness (QED) is 0.266. The van der Waals surface area contributed by atoms with Gasteiger partial charge in [0, 0.05) is 40.0 Å². The molecule has 0 aromatic carbocycles. The van der Waals surface area contributed by atoms with Crippen LogP contribution < -0.4 is 10.6 Å².